The van der Waals surface area contributed by atoms with Crippen molar-refractivity contribution >= 4 is 33.7 Å². The molecule has 38 heavy (non-hydrogen) atoms. The second kappa shape index (κ2) is 14.1. The Morgan fingerprint density at radius 3 is 2.24 bits per heavy atom. The second-order valence-corrected chi connectivity index (χ2v) is 9.09. The summed E-state index contributed by atoms with van der Waals surface area (Å²) in [5.74, 6) is -1.54. The van der Waals surface area contributed by atoms with Crippen molar-refractivity contribution < 1.29 is 18.5 Å². The average molecular weight is 535 g/mol. The third-order valence-corrected chi connectivity index (χ3v) is 6.12. The highest BCUT2D eigenvalue weighted by molar-refractivity contribution is 7.76. The molecule has 2 atom stereocenters. The molecule has 2 radical (unpaired) electrons. The zero-order chi connectivity index (χ0) is 27.5. The van der Waals surface area contributed by atoms with Crippen molar-refractivity contribution in [2.75, 3.05) is 13.7 Å². The topological polar surface area (TPSA) is 128 Å². The lowest BCUT2D eigenvalue weighted by Gasteiger charge is -2.22. The maximum Gasteiger partial charge on any atom is 0.328 e. The molecule has 0 bridgehead atoms. The Morgan fingerprint density at radius 1 is 1.08 bits per heavy atom. The van der Waals surface area contributed by atoms with Gasteiger partial charge >= 0.3 is 5.97 Å². The number of hydrogen-bond donors (Lipinski definition) is 3. The number of carbonyl (C=O) groups is 2. The first-order valence-corrected chi connectivity index (χ1v) is 13.1. The Morgan fingerprint density at radius 2 is 1.68 bits per heavy atom. The molecule has 0 saturated heterocycles. The van der Waals surface area contributed by atoms with E-state index < -0.39 is 37.8 Å². The number of aliphatic imine (C=N–C) groups is 1. The van der Waals surface area contributed by atoms with Gasteiger partial charge in [0.05, 0.1) is 13.2 Å². The number of halogens is 1. The van der Waals surface area contributed by atoms with E-state index >= 15 is 0 Å². The van der Waals surface area contributed by atoms with Crippen LogP contribution in [0, 0.1) is 0 Å². The Balaban J connectivity index is 1.83. The molecule has 0 fully saturated rings. The number of nitrogens with zero attached hydrogens (tertiary/aromatic N) is 2. The molecule has 1 amide bonds. The van der Waals surface area contributed by atoms with E-state index in [0.29, 0.717) is 6.42 Å². The summed E-state index contributed by atoms with van der Waals surface area (Å²) in [7, 11) is 3.78. The monoisotopic (exact) mass is 535 g/mol. The van der Waals surface area contributed by atoms with E-state index in [9.17, 15) is 18.6 Å². The maximum absolute atomic E-state index is 13.6. The van der Waals surface area contributed by atoms with E-state index in [2.05, 4.69) is 15.4 Å². The minimum absolute atomic E-state index is 0.121. The first-order chi connectivity index (χ1) is 18.3. The van der Waals surface area contributed by atoms with Crippen LogP contribution in [0.15, 0.2) is 88.8 Å². The molecular formula is C26H28BFN5O4P. The molecule has 4 N–H and O–H groups in total. The predicted octanol–water partition coefficient (Wildman–Crippen LogP) is 2.81. The predicted molar refractivity (Wildman–Crippen MR) is 147 cm³/mol. The van der Waals surface area contributed by atoms with Gasteiger partial charge < -0.3 is 25.4 Å². The second-order valence-electron chi connectivity index (χ2n) is 8.24. The molecule has 1 unspecified atom stereocenters. The fraction of sp³-hybridized carbons (Fsp3) is 0.231. The number of nitrogens with one attached hydrogen (secondary N) is 2. The SMILES string of the molecule is [B]P(F)NC(N)=NCCC[C@H](NC(=O)c1cccn(C(c2ccccc2)c2ccccc2)c1=O)C(=O)OC. The zero-order valence-electron chi connectivity index (χ0n) is 20.8. The molecular weight excluding hydrogens is 507 g/mol. The van der Waals surface area contributed by atoms with Crippen LogP contribution in [0.2, 0.25) is 0 Å². The number of nitrogens with two attached hydrogens (primary N) is 1. The first kappa shape index (κ1) is 28.6. The third-order valence-electron chi connectivity index (χ3n) is 5.67. The summed E-state index contributed by atoms with van der Waals surface area (Å²) < 4.78 is 19.1. The maximum atomic E-state index is 13.6. The highest BCUT2D eigenvalue weighted by atomic mass is 31.2. The lowest BCUT2D eigenvalue weighted by Crippen LogP contribution is -2.44. The van der Waals surface area contributed by atoms with Crippen LogP contribution in [0.4, 0.5) is 4.20 Å². The van der Waals surface area contributed by atoms with Crippen molar-refractivity contribution in [3.8, 4) is 0 Å². The molecule has 1 heterocycles. The number of rotatable bonds is 11. The van der Waals surface area contributed by atoms with E-state index in [1.54, 1.807) is 12.3 Å². The van der Waals surface area contributed by atoms with Crippen LogP contribution in [-0.4, -0.2) is 49.7 Å². The lowest BCUT2D eigenvalue weighted by atomic mass is 9.98. The smallest absolute Gasteiger partial charge is 0.328 e. The van der Waals surface area contributed by atoms with Gasteiger partial charge in [-0.2, -0.15) is 0 Å². The molecule has 0 aliphatic rings. The molecule has 196 valence electrons. The highest BCUT2D eigenvalue weighted by Crippen LogP contribution is 2.25. The number of methoxy groups -OCH3 is 1. The summed E-state index contributed by atoms with van der Waals surface area (Å²) >= 11 is 0. The van der Waals surface area contributed by atoms with Gasteiger partial charge in [0, 0.05) is 12.7 Å². The van der Waals surface area contributed by atoms with Crippen molar-refractivity contribution in [1.29, 1.82) is 0 Å². The van der Waals surface area contributed by atoms with Crippen LogP contribution in [0.25, 0.3) is 0 Å². The molecule has 2 aromatic carbocycles. The Bertz CT molecular complexity index is 1270. The average Bonchev–Trinajstić information content (AvgIpc) is 2.91. The lowest BCUT2D eigenvalue weighted by molar-refractivity contribution is -0.143. The number of pyridine rings is 1. The molecule has 0 saturated carbocycles. The minimum atomic E-state index is -2.43. The Hall–Kier alpha value is -3.98. The standard InChI is InChI=1S/C26H28BFN5O4P/c1-37-25(36)21(15-8-16-30-26(29)32-38(27)28)31-23(34)20-14-9-17-33(24(20)35)22(18-10-4-2-5-11-18)19-12-6-3-7-13-19/h2-7,9-14,17,21-22H,8,15-16H2,1H3,(H,31,34)(H3,29,30,32)/t21-,38?/m0/s1. The number of ether oxygens (including phenoxy) is 1. The first-order valence-electron chi connectivity index (χ1n) is 11.8. The Kier molecular flexibility index (Phi) is 10.6. The van der Waals surface area contributed by atoms with Crippen molar-refractivity contribution in [2.24, 2.45) is 10.7 Å². The van der Waals surface area contributed by atoms with Gasteiger partial charge in [-0.1, -0.05) is 60.7 Å². The van der Waals surface area contributed by atoms with Gasteiger partial charge in [-0.25, -0.2) is 8.99 Å². The van der Waals surface area contributed by atoms with Crippen molar-refractivity contribution in [1.82, 2.24) is 15.0 Å². The minimum Gasteiger partial charge on any atom is -0.467 e. The summed E-state index contributed by atoms with van der Waals surface area (Å²) in [6, 6.07) is 20.5. The molecule has 0 aliphatic heterocycles. The number of aromatic nitrogens is 1. The van der Waals surface area contributed by atoms with Crippen LogP contribution in [-0.2, 0) is 9.53 Å². The van der Waals surface area contributed by atoms with E-state index in [0.717, 1.165) is 11.1 Å². The number of hydrogen-bond acceptors (Lipinski definition) is 5. The summed E-state index contributed by atoms with van der Waals surface area (Å²) in [6.45, 7) is 0.152. The van der Waals surface area contributed by atoms with Gasteiger partial charge in [0.1, 0.15) is 19.9 Å². The molecule has 3 aromatic rings. The van der Waals surface area contributed by atoms with Crippen molar-refractivity contribution in [2.45, 2.75) is 24.9 Å². The fourth-order valence-corrected chi connectivity index (χ4v) is 4.23. The highest BCUT2D eigenvalue weighted by Gasteiger charge is 2.25. The number of benzene rings is 2. The molecule has 3 rings (SSSR count). The molecule has 12 heteroatoms. The van der Waals surface area contributed by atoms with E-state index in [-0.39, 0.29) is 24.5 Å². The van der Waals surface area contributed by atoms with Gasteiger partial charge in [0.15, 0.2) is 13.5 Å². The number of amides is 1. The molecule has 9 nitrogen and oxygen atoms in total. The van der Waals surface area contributed by atoms with Gasteiger partial charge in [-0.3, -0.25) is 14.6 Å². The molecule has 0 spiro atoms. The van der Waals surface area contributed by atoms with E-state index in [4.69, 9.17) is 18.0 Å². The van der Waals surface area contributed by atoms with Crippen LogP contribution >= 0.6 is 8.26 Å². The largest absolute Gasteiger partial charge is 0.467 e. The van der Waals surface area contributed by atoms with E-state index in [1.165, 1.54) is 17.7 Å². The van der Waals surface area contributed by atoms with Crippen LogP contribution in [0.1, 0.15) is 40.4 Å². The molecule has 1 aromatic heterocycles. The summed E-state index contributed by atoms with van der Waals surface area (Å²) in [5, 5.41) is 4.76. The summed E-state index contributed by atoms with van der Waals surface area (Å²) in [4.78, 5) is 43.0. The molecule has 0 aliphatic carbocycles. The van der Waals surface area contributed by atoms with Crippen LogP contribution in [0.5, 0.6) is 0 Å². The zero-order valence-corrected chi connectivity index (χ0v) is 21.7. The summed E-state index contributed by atoms with van der Waals surface area (Å²) in [5.41, 5.74) is 6.62. The van der Waals surface area contributed by atoms with Gasteiger partial charge in [-0.15, -0.1) is 0 Å². The van der Waals surface area contributed by atoms with Crippen LogP contribution in [0.3, 0.4) is 0 Å². The van der Waals surface area contributed by atoms with Crippen molar-refractivity contribution in [3.63, 3.8) is 0 Å². The van der Waals surface area contributed by atoms with Crippen LogP contribution < -0.4 is 21.7 Å². The van der Waals surface area contributed by atoms with Gasteiger partial charge in [0.2, 0.25) is 0 Å². The van der Waals surface area contributed by atoms with Gasteiger partial charge in [-0.05, 0) is 36.1 Å². The number of esters is 1. The normalized spacial score (nSPS) is 13.0. The van der Waals surface area contributed by atoms with E-state index in [1.807, 2.05) is 60.7 Å². The quantitative estimate of drug-likeness (QED) is 0.0866. The van der Waals surface area contributed by atoms with Gasteiger partial charge in [0.25, 0.3) is 11.5 Å². The third kappa shape index (κ3) is 7.76. The summed E-state index contributed by atoms with van der Waals surface area (Å²) in [6.07, 6.45) is 2.10. The van der Waals surface area contributed by atoms with Crippen molar-refractivity contribution in [3.05, 3.63) is 106 Å². The number of guanidine groups is 1. The number of carbonyl (C=O) groups excluding carboxylic acids is 2. The fourth-order valence-electron chi connectivity index (χ4n) is 3.94. The Labute approximate surface area is 222 Å².